The molecule has 0 radical (unpaired) electrons. The first-order valence-corrected chi connectivity index (χ1v) is 11.0. The van der Waals surface area contributed by atoms with Crippen LogP contribution in [-0.2, 0) is 14.4 Å². The molecule has 3 rings (SSSR count). The lowest BCUT2D eigenvalue weighted by Gasteiger charge is -2.28. The van der Waals surface area contributed by atoms with Gasteiger partial charge in [-0.25, -0.2) is 0 Å². The molecule has 0 bridgehead atoms. The Balaban J connectivity index is 1.83. The van der Waals surface area contributed by atoms with E-state index in [-0.39, 0.29) is 17.1 Å². The highest BCUT2D eigenvalue weighted by Crippen LogP contribution is 2.25. The maximum Gasteiger partial charge on any atom is 0.303 e. The van der Waals surface area contributed by atoms with Crippen LogP contribution < -0.4 is 5.32 Å². The van der Waals surface area contributed by atoms with Crippen LogP contribution in [0.25, 0.3) is 11.8 Å². The summed E-state index contributed by atoms with van der Waals surface area (Å²) >= 11 is 11.3. The number of carbonyl (C=O) groups is 3. The molecule has 0 saturated carbocycles. The lowest BCUT2D eigenvalue weighted by Crippen LogP contribution is -2.54. The molecule has 2 aromatic rings. The number of amides is 2. The lowest BCUT2D eigenvalue weighted by molar-refractivity contribution is -0.137. The third-order valence-corrected chi connectivity index (χ3v) is 5.85. The van der Waals surface area contributed by atoms with Gasteiger partial charge in [-0.15, -0.1) is 0 Å². The first-order valence-electron chi connectivity index (χ1n) is 10.2. The van der Waals surface area contributed by atoms with Gasteiger partial charge in [-0.1, -0.05) is 24.1 Å². The van der Waals surface area contributed by atoms with E-state index in [0.717, 1.165) is 22.6 Å². The number of hydrogen-bond acceptors (Lipinski definition) is 4. The van der Waals surface area contributed by atoms with Crippen LogP contribution in [0.15, 0.2) is 35.9 Å². The minimum atomic E-state index is -0.845. The number of rotatable bonds is 8. The Kier molecular flexibility index (Phi) is 7.48. The molecule has 0 spiro atoms. The summed E-state index contributed by atoms with van der Waals surface area (Å²) < 4.78 is 2.01. The predicted molar refractivity (Wildman–Crippen MR) is 127 cm³/mol. The van der Waals surface area contributed by atoms with E-state index in [1.54, 1.807) is 12.1 Å². The molecule has 2 heterocycles. The fourth-order valence-corrected chi connectivity index (χ4v) is 4.17. The van der Waals surface area contributed by atoms with Crippen LogP contribution in [0.5, 0.6) is 0 Å². The van der Waals surface area contributed by atoms with Crippen molar-refractivity contribution in [2.45, 2.75) is 39.5 Å². The maximum absolute atomic E-state index is 13.0. The van der Waals surface area contributed by atoms with E-state index < -0.39 is 17.8 Å². The summed E-state index contributed by atoms with van der Waals surface area (Å²) in [5, 5.41) is 12.0. The molecule has 2 amide bonds. The minimum absolute atomic E-state index is 0.00970. The smallest absolute Gasteiger partial charge is 0.303 e. The molecule has 1 fully saturated rings. The fourth-order valence-electron chi connectivity index (χ4n) is 3.72. The molecule has 9 heteroatoms. The average Bonchev–Trinajstić information content (AvgIpc) is 3.00. The maximum atomic E-state index is 13.0. The zero-order valence-corrected chi connectivity index (χ0v) is 19.4. The van der Waals surface area contributed by atoms with E-state index in [4.69, 9.17) is 28.9 Å². The molecule has 32 heavy (non-hydrogen) atoms. The largest absolute Gasteiger partial charge is 0.481 e. The van der Waals surface area contributed by atoms with Crippen LogP contribution >= 0.6 is 23.8 Å². The number of aliphatic carboxylic acids is 1. The van der Waals surface area contributed by atoms with Crippen LogP contribution in [0, 0.1) is 13.8 Å². The molecule has 1 saturated heterocycles. The van der Waals surface area contributed by atoms with Crippen LogP contribution in [-0.4, -0.2) is 44.0 Å². The van der Waals surface area contributed by atoms with Crippen molar-refractivity contribution in [1.29, 1.82) is 0 Å². The third-order valence-electron chi connectivity index (χ3n) is 5.29. The van der Waals surface area contributed by atoms with Crippen molar-refractivity contribution in [1.82, 2.24) is 14.8 Å². The fraction of sp³-hybridized carbons (Fsp3) is 0.304. The van der Waals surface area contributed by atoms with Gasteiger partial charge in [0.05, 0.1) is 0 Å². The van der Waals surface area contributed by atoms with Crippen LogP contribution in [0.3, 0.4) is 0 Å². The van der Waals surface area contributed by atoms with Crippen LogP contribution in [0.4, 0.5) is 0 Å². The summed E-state index contributed by atoms with van der Waals surface area (Å²) in [6.45, 7) is 4.17. The number of carboxylic acid groups (broad SMARTS) is 1. The summed E-state index contributed by atoms with van der Waals surface area (Å²) in [6.07, 6.45) is 3.43. The molecule has 0 unspecified atom stereocenters. The van der Waals surface area contributed by atoms with E-state index in [0.29, 0.717) is 30.8 Å². The Morgan fingerprint density at radius 1 is 1.19 bits per heavy atom. The van der Waals surface area contributed by atoms with Crippen LogP contribution in [0.2, 0.25) is 5.02 Å². The number of nitrogens with zero attached hydrogens (tertiary/aromatic N) is 2. The Bertz CT molecular complexity index is 1120. The molecule has 1 aromatic carbocycles. The van der Waals surface area contributed by atoms with Gasteiger partial charge in [0.2, 0.25) is 0 Å². The normalized spacial score (nSPS) is 15.4. The second-order valence-corrected chi connectivity index (χ2v) is 8.44. The second kappa shape index (κ2) is 10.1. The van der Waals surface area contributed by atoms with Crippen molar-refractivity contribution in [2.24, 2.45) is 0 Å². The summed E-state index contributed by atoms with van der Waals surface area (Å²) in [5.74, 6) is -1.83. The number of carbonyl (C=O) groups excluding carboxylic acids is 2. The molecular formula is C23H24ClN3O4S. The minimum Gasteiger partial charge on any atom is -0.481 e. The number of nitrogens with one attached hydrogen (secondary N) is 1. The number of aromatic nitrogens is 1. The Hall–Kier alpha value is -2.97. The van der Waals surface area contributed by atoms with E-state index >= 15 is 0 Å². The predicted octanol–water partition coefficient (Wildman–Crippen LogP) is 4.02. The second-order valence-electron chi connectivity index (χ2n) is 7.62. The first-order chi connectivity index (χ1) is 15.2. The monoisotopic (exact) mass is 473 g/mol. The highest BCUT2D eigenvalue weighted by atomic mass is 35.5. The van der Waals surface area contributed by atoms with Crippen molar-refractivity contribution in [3.8, 4) is 5.69 Å². The number of unbranched alkanes of at least 4 members (excludes halogenated alkanes) is 2. The Morgan fingerprint density at radius 3 is 2.62 bits per heavy atom. The molecule has 0 atom stereocenters. The number of thiocarbonyl (C=S) groups is 1. The van der Waals surface area contributed by atoms with Crippen molar-refractivity contribution in [3.63, 3.8) is 0 Å². The van der Waals surface area contributed by atoms with Gasteiger partial charge in [0.25, 0.3) is 11.8 Å². The van der Waals surface area contributed by atoms with Crippen molar-refractivity contribution in [3.05, 3.63) is 57.9 Å². The Morgan fingerprint density at radius 2 is 1.94 bits per heavy atom. The number of carboxylic acids is 1. The van der Waals surface area contributed by atoms with Crippen LogP contribution in [0.1, 0.15) is 42.6 Å². The van der Waals surface area contributed by atoms with Gasteiger partial charge >= 0.3 is 5.97 Å². The molecular weight excluding hydrogens is 450 g/mol. The van der Waals surface area contributed by atoms with Gasteiger partial charge in [-0.2, -0.15) is 0 Å². The molecule has 1 aliphatic heterocycles. The lowest BCUT2D eigenvalue weighted by atomic mass is 10.1. The van der Waals surface area contributed by atoms with Gasteiger partial charge in [0.15, 0.2) is 5.11 Å². The number of aryl methyl sites for hydroxylation is 1. The molecule has 7 nitrogen and oxygen atoms in total. The van der Waals surface area contributed by atoms with Gasteiger partial charge in [-0.3, -0.25) is 24.6 Å². The quantitative estimate of drug-likeness (QED) is 0.261. The van der Waals surface area contributed by atoms with E-state index in [1.807, 2.05) is 42.7 Å². The first kappa shape index (κ1) is 23.7. The SMILES string of the molecule is Cc1cc(C=C2C(=O)NC(=S)N(CCCCCC(=O)O)C2=O)c(C)n1-c1cccc(Cl)c1. The average molecular weight is 474 g/mol. The molecule has 0 aliphatic carbocycles. The van der Waals surface area contributed by atoms with Gasteiger partial charge < -0.3 is 9.67 Å². The summed E-state index contributed by atoms with van der Waals surface area (Å²) in [6, 6.07) is 9.36. The number of halogens is 1. The summed E-state index contributed by atoms with van der Waals surface area (Å²) in [7, 11) is 0. The standard InChI is InChI=1S/C23H24ClN3O4S/c1-14-11-16(15(2)27(14)18-8-6-7-17(24)13-18)12-19-21(30)25-23(32)26(22(19)31)10-5-3-4-9-20(28)29/h6-8,11-13H,3-5,9-10H2,1-2H3,(H,28,29)(H,25,30,32). The highest BCUT2D eigenvalue weighted by Gasteiger charge is 2.33. The number of hydrogen-bond donors (Lipinski definition) is 2. The highest BCUT2D eigenvalue weighted by molar-refractivity contribution is 7.80. The van der Waals surface area contributed by atoms with Gasteiger partial charge in [0.1, 0.15) is 5.57 Å². The number of benzene rings is 1. The van der Waals surface area contributed by atoms with E-state index in [2.05, 4.69) is 5.32 Å². The molecule has 2 N–H and O–H groups in total. The summed E-state index contributed by atoms with van der Waals surface area (Å²) in [5.41, 5.74) is 3.45. The zero-order chi connectivity index (χ0) is 23.4. The zero-order valence-electron chi connectivity index (χ0n) is 17.9. The molecule has 168 valence electrons. The van der Waals surface area contributed by atoms with Crippen molar-refractivity contribution in [2.75, 3.05) is 6.54 Å². The topological polar surface area (TPSA) is 91.6 Å². The third kappa shape index (κ3) is 5.26. The van der Waals surface area contributed by atoms with E-state index in [1.165, 1.54) is 4.90 Å². The van der Waals surface area contributed by atoms with Crippen molar-refractivity contribution >= 4 is 52.8 Å². The van der Waals surface area contributed by atoms with Gasteiger partial charge in [0, 0.05) is 35.1 Å². The molecule has 1 aromatic heterocycles. The Labute approximate surface area is 196 Å². The van der Waals surface area contributed by atoms with Crippen molar-refractivity contribution < 1.29 is 19.5 Å². The summed E-state index contributed by atoms with van der Waals surface area (Å²) in [4.78, 5) is 37.6. The molecule has 1 aliphatic rings. The van der Waals surface area contributed by atoms with Gasteiger partial charge in [-0.05, 0) is 74.8 Å². The van der Waals surface area contributed by atoms with E-state index in [9.17, 15) is 14.4 Å².